The summed E-state index contributed by atoms with van der Waals surface area (Å²) in [5.74, 6) is -0.999. The van der Waals surface area contributed by atoms with E-state index in [9.17, 15) is 9.59 Å². The van der Waals surface area contributed by atoms with Crippen LogP contribution < -0.4 is 0 Å². The van der Waals surface area contributed by atoms with Gasteiger partial charge < -0.3 is 14.7 Å². The summed E-state index contributed by atoms with van der Waals surface area (Å²) in [7, 11) is 0. The fourth-order valence-electron chi connectivity index (χ4n) is 2.35. The molecule has 2 aliphatic heterocycles. The predicted molar refractivity (Wildman–Crippen MR) is 55.8 cm³/mol. The first-order valence-corrected chi connectivity index (χ1v) is 5.73. The van der Waals surface area contributed by atoms with Gasteiger partial charge in [-0.25, -0.2) is 0 Å². The second-order valence-corrected chi connectivity index (χ2v) is 4.67. The summed E-state index contributed by atoms with van der Waals surface area (Å²) in [6, 6.07) is 0. The van der Waals surface area contributed by atoms with Crippen LogP contribution in [0.3, 0.4) is 0 Å². The lowest BCUT2D eigenvalue weighted by atomic mass is 10.0. The Morgan fingerprint density at radius 1 is 1.38 bits per heavy atom. The lowest BCUT2D eigenvalue weighted by molar-refractivity contribution is -0.143. The van der Waals surface area contributed by atoms with Gasteiger partial charge in [-0.2, -0.15) is 0 Å². The quantitative estimate of drug-likeness (QED) is 0.739. The van der Waals surface area contributed by atoms with Crippen LogP contribution in [0.25, 0.3) is 0 Å². The molecule has 2 rings (SSSR count). The fourth-order valence-corrected chi connectivity index (χ4v) is 2.35. The number of rotatable bonds is 2. The molecule has 0 aromatic carbocycles. The number of carbonyl (C=O) groups excluding carboxylic acids is 1. The van der Waals surface area contributed by atoms with E-state index in [0.717, 1.165) is 6.42 Å². The number of amides is 1. The minimum atomic E-state index is -0.810. The average molecular weight is 227 g/mol. The van der Waals surface area contributed by atoms with Crippen molar-refractivity contribution >= 4 is 11.9 Å². The van der Waals surface area contributed by atoms with Crippen LogP contribution in [0.5, 0.6) is 0 Å². The van der Waals surface area contributed by atoms with Crippen molar-refractivity contribution in [2.45, 2.75) is 25.9 Å². The molecule has 2 saturated heterocycles. The van der Waals surface area contributed by atoms with Crippen LogP contribution in [0, 0.1) is 11.8 Å². The number of hydrogen-bond donors (Lipinski definition) is 1. The Balaban J connectivity index is 1.94. The smallest absolute Gasteiger partial charge is 0.308 e. The molecule has 2 aliphatic rings. The van der Waals surface area contributed by atoms with Gasteiger partial charge in [0.15, 0.2) is 0 Å². The van der Waals surface area contributed by atoms with Gasteiger partial charge in [-0.15, -0.1) is 0 Å². The van der Waals surface area contributed by atoms with E-state index in [1.54, 1.807) is 4.90 Å². The molecule has 3 atom stereocenters. The van der Waals surface area contributed by atoms with E-state index in [2.05, 4.69) is 0 Å². The first-order chi connectivity index (χ1) is 7.59. The zero-order valence-corrected chi connectivity index (χ0v) is 9.39. The maximum absolute atomic E-state index is 12.0. The van der Waals surface area contributed by atoms with Crippen molar-refractivity contribution in [3.8, 4) is 0 Å². The van der Waals surface area contributed by atoms with E-state index in [1.165, 1.54) is 0 Å². The number of hydrogen-bond acceptors (Lipinski definition) is 3. The third-order valence-electron chi connectivity index (χ3n) is 3.48. The van der Waals surface area contributed by atoms with Gasteiger partial charge in [-0.1, -0.05) is 6.92 Å². The average Bonchev–Trinajstić information content (AvgIpc) is 2.84. The SMILES string of the molecule is CC1CCOC1C(=O)N1CCC(C(=O)O)C1. The first kappa shape index (κ1) is 11.4. The summed E-state index contributed by atoms with van der Waals surface area (Å²) in [4.78, 5) is 24.5. The zero-order chi connectivity index (χ0) is 11.7. The molecule has 0 bridgehead atoms. The van der Waals surface area contributed by atoms with E-state index in [1.807, 2.05) is 6.92 Å². The Morgan fingerprint density at radius 2 is 2.12 bits per heavy atom. The van der Waals surface area contributed by atoms with Crippen LogP contribution in [0.15, 0.2) is 0 Å². The van der Waals surface area contributed by atoms with Gasteiger partial charge in [-0.3, -0.25) is 9.59 Å². The molecule has 3 unspecified atom stereocenters. The molecule has 0 radical (unpaired) electrons. The van der Waals surface area contributed by atoms with Gasteiger partial charge in [0, 0.05) is 19.7 Å². The molecule has 5 nitrogen and oxygen atoms in total. The Hall–Kier alpha value is -1.10. The number of likely N-dealkylation sites (tertiary alicyclic amines) is 1. The minimum absolute atomic E-state index is 0.0336. The highest BCUT2D eigenvalue weighted by Crippen LogP contribution is 2.25. The molecule has 2 fully saturated rings. The Bertz CT molecular complexity index is 304. The lowest BCUT2D eigenvalue weighted by Gasteiger charge is -2.22. The molecule has 16 heavy (non-hydrogen) atoms. The lowest BCUT2D eigenvalue weighted by Crippen LogP contribution is -2.40. The number of nitrogens with zero attached hydrogens (tertiary/aromatic N) is 1. The van der Waals surface area contributed by atoms with E-state index in [-0.39, 0.29) is 17.9 Å². The maximum atomic E-state index is 12.0. The largest absolute Gasteiger partial charge is 0.481 e. The van der Waals surface area contributed by atoms with Gasteiger partial charge in [0.1, 0.15) is 6.10 Å². The van der Waals surface area contributed by atoms with Crippen molar-refractivity contribution in [2.24, 2.45) is 11.8 Å². The van der Waals surface area contributed by atoms with E-state index in [0.29, 0.717) is 26.1 Å². The van der Waals surface area contributed by atoms with Gasteiger partial charge in [0.25, 0.3) is 5.91 Å². The number of carboxylic acid groups (broad SMARTS) is 1. The second-order valence-electron chi connectivity index (χ2n) is 4.67. The monoisotopic (exact) mass is 227 g/mol. The van der Waals surface area contributed by atoms with Crippen molar-refractivity contribution in [2.75, 3.05) is 19.7 Å². The van der Waals surface area contributed by atoms with Crippen LogP contribution in [0.4, 0.5) is 0 Å². The molecule has 90 valence electrons. The summed E-state index contributed by atoms with van der Waals surface area (Å²) in [6.07, 6.45) is 1.11. The highest BCUT2D eigenvalue weighted by Gasteiger charge is 2.38. The van der Waals surface area contributed by atoms with Crippen molar-refractivity contribution < 1.29 is 19.4 Å². The molecule has 0 aromatic heterocycles. The second kappa shape index (κ2) is 4.41. The molecular formula is C11H17NO4. The van der Waals surface area contributed by atoms with Gasteiger partial charge in [-0.05, 0) is 18.8 Å². The molecule has 0 aromatic rings. The molecule has 2 heterocycles. The Kier molecular flexibility index (Phi) is 3.14. The third-order valence-corrected chi connectivity index (χ3v) is 3.48. The summed E-state index contributed by atoms with van der Waals surface area (Å²) >= 11 is 0. The van der Waals surface area contributed by atoms with Crippen molar-refractivity contribution in [3.05, 3.63) is 0 Å². The number of carboxylic acids is 1. The minimum Gasteiger partial charge on any atom is -0.481 e. The highest BCUT2D eigenvalue weighted by atomic mass is 16.5. The first-order valence-electron chi connectivity index (χ1n) is 5.73. The van der Waals surface area contributed by atoms with Crippen molar-refractivity contribution in [3.63, 3.8) is 0 Å². The summed E-state index contributed by atoms with van der Waals surface area (Å²) in [5.41, 5.74) is 0. The summed E-state index contributed by atoms with van der Waals surface area (Å²) < 4.78 is 5.40. The summed E-state index contributed by atoms with van der Waals surface area (Å²) in [6.45, 7) is 3.51. The number of aliphatic carboxylic acids is 1. The van der Waals surface area contributed by atoms with Crippen molar-refractivity contribution in [1.29, 1.82) is 0 Å². The van der Waals surface area contributed by atoms with Gasteiger partial charge in [0.05, 0.1) is 5.92 Å². The van der Waals surface area contributed by atoms with Gasteiger partial charge in [0.2, 0.25) is 0 Å². The summed E-state index contributed by atoms with van der Waals surface area (Å²) in [5, 5.41) is 8.86. The Morgan fingerprint density at radius 3 is 2.62 bits per heavy atom. The van der Waals surface area contributed by atoms with Crippen molar-refractivity contribution in [1.82, 2.24) is 4.90 Å². The van der Waals surface area contributed by atoms with Crippen LogP contribution in [0.2, 0.25) is 0 Å². The molecule has 1 N–H and O–H groups in total. The molecule has 0 saturated carbocycles. The van der Waals surface area contributed by atoms with Crippen LogP contribution in [-0.4, -0.2) is 47.7 Å². The van der Waals surface area contributed by atoms with Crippen LogP contribution in [0.1, 0.15) is 19.8 Å². The third kappa shape index (κ3) is 2.04. The standard InChI is InChI=1S/C11H17NO4/c1-7-3-5-16-9(7)10(13)12-4-2-8(6-12)11(14)15/h7-9H,2-6H2,1H3,(H,14,15). The number of carbonyl (C=O) groups is 2. The zero-order valence-electron chi connectivity index (χ0n) is 9.39. The highest BCUT2D eigenvalue weighted by molar-refractivity contribution is 5.83. The predicted octanol–water partition coefficient (Wildman–Crippen LogP) is 0.344. The fraction of sp³-hybridized carbons (Fsp3) is 0.818. The molecule has 0 aliphatic carbocycles. The van der Waals surface area contributed by atoms with E-state index in [4.69, 9.17) is 9.84 Å². The topological polar surface area (TPSA) is 66.8 Å². The number of ether oxygens (including phenoxy) is 1. The van der Waals surface area contributed by atoms with E-state index < -0.39 is 11.9 Å². The molecular weight excluding hydrogens is 210 g/mol. The Labute approximate surface area is 94.4 Å². The molecule has 5 heteroatoms. The van der Waals surface area contributed by atoms with Crippen LogP contribution >= 0.6 is 0 Å². The molecule has 1 amide bonds. The normalized spacial score (nSPS) is 34.3. The van der Waals surface area contributed by atoms with Gasteiger partial charge >= 0.3 is 5.97 Å². The van der Waals surface area contributed by atoms with E-state index >= 15 is 0 Å². The maximum Gasteiger partial charge on any atom is 0.308 e. The van der Waals surface area contributed by atoms with Crippen LogP contribution in [-0.2, 0) is 14.3 Å². The molecule has 0 spiro atoms.